The lowest BCUT2D eigenvalue weighted by molar-refractivity contribution is -0.142. The van der Waals surface area contributed by atoms with E-state index in [1.165, 1.54) is 29.7 Å². The number of benzene rings is 2. The topological polar surface area (TPSA) is 89.5 Å². The van der Waals surface area contributed by atoms with E-state index in [2.05, 4.69) is 4.72 Å². The minimum atomic E-state index is -3.66. The highest BCUT2D eigenvalue weighted by Crippen LogP contribution is 2.22. The van der Waals surface area contributed by atoms with E-state index in [9.17, 15) is 18.0 Å². The summed E-state index contributed by atoms with van der Waals surface area (Å²) in [6.45, 7) is -0.438. The number of rotatable bonds is 8. The van der Waals surface area contributed by atoms with Crippen LogP contribution >= 0.6 is 0 Å². The largest absolute Gasteiger partial charge is 0.457 e. The van der Waals surface area contributed by atoms with E-state index in [4.69, 9.17) is 4.74 Å². The van der Waals surface area contributed by atoms with Gasteiger partial charge in [-0.25, -0.2) is 13.1 Å². The molecular weight excluding hydrogens is 378 g/mol. The number of carbonyl (C=O) groups is 2. The average molecular weight is 401 g/mol. The van der Waals surface area contributed by atoms with Gasteiger partial charge < -0.3 is 4.74 Å². The number of hydrogen-bond acceptors (Lipinski definition) is 5. The van der Waals surface area contributed by atoms with Crippen molar-refractivity contribution in [2.75, 3.05) is 13.2 Å². The second kappa shape index (κ2) is 9.12. The first-order valence-electron chi connectivity index (χ1n) is 9.31. The molecular formula is C21H23NO5S. The van der Waals surface area contributed by atoms with Crippen LogP contribution in [0.25, 0.3) is 0 Å². The Hall–Kier alpha value is -2.51. The molecule has 0 saturated heterocycles. The standard InChI is InChI=1S/C21H23NO5S/c23-20(18-11-10-16-6-4-5-7-17(16)14-18)15-27-21(24)12-13-22-28(25,26)19-8-2-1-3-9-19/h1-3,8-11,14,22H,4-7,12-13,15H2. The van der Waals surface area contributed by atoms with Crippen molar-refractivity contribution in [3.8, 4) is 0 Å². The van der Waals surface area contributed by atoms with Crippen LogP contribution in [-0.4, -0.2) is 33.3 Å². The highest BCUT2D eigenvalue weighted by atomic mass is 32.2. The fraction of sp³-hybridized carbons (Fsp3) is 0.333. The van der Waals surface area contributed by atoms with Crippen LogP contribution in [0.2, 0.25) is 0 Å². The minimum Gasteiger partial charge on any atom is -0.457 e. The molecule has 2 aromatic carbocycles. The molecule has 0 aromatic heterocycles. The second-order valence-electron chi connectivity index (χ2n) is 6.74. The number of esters is 1. The van der Waals surface area contributed by atoms with Crippen LogP contribution in [0.4, 0.5) is 0 Å². The van der Waals surface area contributed by atoms with E-state index in [-0.39, 0.29) is 30.3 Å². The van der Waals surface area contributed by atoms with E-state index < -0.39 is 16.0 Å². The lowest BCUT2D eigenvalue weighted by atomic mass is 9.90. The van der Waals surface area contributed by atoms with Crippen LogP contribution in [0.15, 0.2) is 53.4 Å². The molecule has 148 valence electrons. The minimum absolute atomic E-state index is 0.0942. The number of nitrogens with one attached hydrogen (secondary N) is 1. The summed E-state index contributed by atoms with van der Waals surface area (Å²) in [6, 6.07) is 13.5. The van der Waals surface area contributed by atoms with Gasteiger partial charge in [0.25, 0.3) is 0 Å². The Morgan fingerprint density at radius 1 is 0.964 bits per heavy atom. The smallest absolute Gasteiger partial charge is 0.307 e. The monoisotopic (exact) mass is 401 g/mol. The number of sulfonamides is 1. The molecule has 1 aliphatic carbocycles. The summed E-state index contributed by atoms with van der Waals surface area (Å²) in [6.07, 6.45) is 4.16. The zero-order valence-corrected chi connectivity index (χ0v) is 16.3. The molecule has 3 rings (SSSR count). The van der Waals surface area contributed by atoms with Crippen LogP contribution in [0.5, 0.6) is 0 Å². The van der Waals surface area contributed by atoms with E-state index in [0.29, 0.717) is 5.56 Å². The highest BCUT2D eigenvalue weighted by Gasteiger charge is 2.16. The van der Waals surface area contributed by atoms with Gasteiger partial charge in [-0.15, -0.1) is 0 Å². The molecule has 0 saturated carbocycles. The Bertz CT molecular complexity index is 954. The van der Waals surface area contributed by atoms with Crippen molar-refractivity contribution in [2.45, 2.75) is 37.0 Å². The summed E-state index contributed by atoms with van der Waals surface area (Å²) >= 11 is 0. The van der Waals surface area contributed by atoms with E-state index >= 15 is 0 Å². The fourth-order valence-corrected chi connectivity index (χ4v) is 4.23. The highest BCUT2D eigenvalue weighted by molar-refractivity contribution is 7.89. The third kappa shape index (κ3) is 5.27. The summed E-state index contributed by atoms with van der Waals surface area (Å²) in [5.41, 5.74) is 3.02. The van der Waals surface area contributed by atoms with Crippen molar-refractivity contribution in [2.24, 2.45) is 0 Å². The predicted octanol–water partition coefficient (Wildman–Crippen LogP) is 2.66. The summed E-state index contributed by atoms with van der Waals surface area (Å²) < 4.78 is 31.5. The molecule has 0 spiro atoms. The van der Waals surface area contributed by atoms with Crippen molar-refractivity contribution < 1.29 is 22.7 Å². The van der Waals surface area contributed by atoms with Gasteiger partial charge in [-0.05, 0) is 55.0 Å². The van der Waals surface area contributed by atoms with E-state index in [1.54, 1.807) is 24.3 Å². The molecule has 28 heavy (non-hydrogen) atoms. The van der Waals surface area contributed by atoms with Gasteiger partial charge in [0.15, 0.2) is 12.4 Å². The Morgan fingerprint density at radius 2 is 1.68 bits per heavy atom. The normalized spacial score (nSPS) is 13.6. The van der Waals surface area contributed by atoms with Gasteiger partial charge in [0.2, 0.25) is 10.0 Å². The third-order valence-electron chi connectivity index (χ3n) is 4.71. The van der Waals surface area contributed by atoms with Gasteiger partial charge in [0.1, 0.15) is 0 Å². The lowest BCUT2D eigenvalue weighted by Crippen LogP contribution is -2.27. The van der Waals surface area contributed by atoms with Gasteiger partial charge in [0, 0.05) is 12.1 Å². The number of ether oxygens (including phenoxy) is 1. The predicted molar refractivity (Wildman–Crippen MR) is 105 cm³/mol. The van der Waals surface area contributed by atoms with Crippen molar-refractivity contribution in [1.82, 2.24) is 4.72 Å². The molecule has 0 heterocycles. The van der Waals surface area contributed by atoms with Gasteiger partial charge >= 0.3 is 5.97 Å². The van der Waals surface area contributed by atoms with Crippen LogP contribution in [-0.2, 0) is 32.4 Å². The number of Topliss-reactive ketones (excluding diaryl/α,β-unsaturated/α-hetero) is 1. The summed E-state index contributed by atoms with van der Waals surface area (Å²) in [7, 11) is -3.66. The number of aryl methyl sites for hydroxylation is 2. The first kappa shape index (κ1) is 20.2. The Morgan fingerprint density at radius 3 is 2.43 bits per heavy atom. The molecule has 0 amide bonds. The van der Waals surface area contributed by atoms with E-state index in [1.807, 2.05) is 12.1 Å². The van der Waals surface area contributed by atoms with Gasteiger partial charge in [-0.1, -0.05) is 30.3 Å². The molecule has 7 heteroatoms. The Kier molecular flexibility index (Phi) is 6.59. The lowest BCUT2D eigenvalue weighted by Gasteiger charge is -2.16. The molecule has 0 atom stereocenters. The zero-order valence-electron chi connectivity index (χ0n) is 15.5. The molecule has 0 radical (unpaired) electrons. The maximum absolute atomic E-state index is 12.3. The molecule has 0 aliphatic heterocycles. The number of hydrogen-bond donors (Lipinski definition) is 1. The van der Waals surface area contributed by atoms with Gasteiger partial charge in [-0.2, -0.15) is 0 Å². The average Bonchev–Trinajstić information content (AvgIpc) is 2.72. The number of fused-ring (bicyclic) bond motifs is 1. The third-order valence-corrected chi connectivity index (χ3v) is 6.19. The molecule has 0 fully saturated rings. The number of ketones is 1. The molecule has 1 aliphatic rings. The summed E-state index contributed by atoms with van der Waals surface area (Å²) in [4.78, 5) is 24.2. The van der Waals surface area contributed by atoms with Crippen LogP contribution < -0.4 is 4.72 Å². The molecule has 0 unspecified atom stereocenters. The maximum atomic E-state index is 12.3. The van der Waals surface area contributed by atoms with Crippen LogP contribution in [0.1, 0.15) is 40.7 Å². The molecule has 2 aromatic rings. The van der Waals surface area contributed by atoms with Gasteiger partial charge in [0.05, 0.1) is 11.3 Å². The first-order chi connectivity index (χ1) is 13.5. The maximum Gasteiger partial charge on any atom is 0.307 e. The van der Waals surface area contributed by atoms with Gasteiger partial charge in [-0.3, -0.25) is 9.59 Å². The SMILES string of the molecule is O=C(CCNS(=O)(=O)c1ccccc1)OCC(=O)c1ccc2c(c1)CCCC2. The fourth-order valence-electron chi connectivity index (χ4n) is 3.18. The Balaban J connectivity index is 1.45. The zero-order chi connectivity index (χ0) is 20.0. The Labute approximate surface area is 165 Å². The molecule has 0 bridgehead atoms. The van der Waals surface area contributed by atoms with Crippen molar-refractivity contribution in [3.05, 3.63) is 65.2 Å². The summed E-state index contributed by atoms with van der Waals surface area (Å²) in [5, 5.41) is 0. The van der Waals surface area contributed by atoms with E-state index in [0.717, 1.165) is 19.3 Å². The first-order valence-corrected chi connectivity index (χ1v) is 10.8. The van der Waals surface area contributed by atoms with Crippen LogP contribution in [0.3, 0.4) is 0 Å². The summed E-state index contributed by atoms with van der Waals surface area (Å²) in [5.74, 6) is -0.881. The molecule has 1 N–H and O–H groups in total. The van der Waals surface area contributed by atoms with Crippen molar-refractivity contribution >= 4 is 21.8 Å². The van der Waals surface area contributed by atoms with Crippen LogP contribution in [0, 0.1) is 0 Å². The number of carbonyl (C=O) groups excluding carboxylic acids is 2. The second-order valence-corrected chi connectivity index (χ2v) is 8.50. The molecule has 6 nitrogen and oxygen atoms in total. The van der Waals surface area contributed by atoms with Crippen molar-refractivity contribution in [1.29, 1.82) is 0 Å². The van der Waals surface area contributed by atoms with Crippen molar-refractivity contribution in [3.63, 3.8) is 0 Å². The quantitative estimate of drug-likeness (QED) is 0.543.